The van der Waals surface area contributed by atoms with E-state index in [1.807, 2.05) is 6.20 Å². The van der Waals surface area contributed by atoms with Gasteiger partial charge in [-0.15, -0.1) is 35.3 Å². The molecule has 25 heavy (non-hydrogen) atoms. The molecule has 6 nitrogen and oxygen atoms in total. The van der Waals surface area contributed by atoms with Crippen LogP contribution in [0.1, 0.15) is 23.2 Å². The highest BCUT2D eigenvalue weighted by Gasteiger charge is 2.24. The van der Waals surface area contributed by atoms with Gasteiger partial charge in [-0.3, -0.25) is 4.99 Å². The number of rotatable bonds is 9. The molecule has 1 saturated heterocycles. The van der Waals surface area contributed by atoms with Crippen LogP contribution in [0.25, 0.3) is 0 Å². The number of aromatic nitrogens is 1. The van der Waals surface area contributed by atoms with Crippen molar-refractivity contribution in [3.8, 4) is 0 Å². The van der Waals surface area contributed by atoms with Crippen LogP contribution < -0.4 is 5.32 Å². The summed E-state index contributed by atoms with van der Waals surface area (Å²) in [6.45, 7) is 10.1. The number of nitrogens with zero attached hydrogens (tertiary/aromatic N) is 3. The number of aryl methyl sites for hydroxylation is 1. The first-order valence-electron chi connectivity index (χ1n) is 8.74. The summed E-state index contributed by atoms with van der Waals surface area (Å²) in [7, 11) is 1.70. The number of hydrogen-bond acceptors (Lipinski definition) is 5. The molecule has 1 aromatic rings. The molecular formula is C17H31IN4O2S. The normalized spacial score (nSPS) is 17.6. The number of hydrogen-bond donors (Lipinski definition) is 1. The van der Waals surface area contributed by atoms with Crippen LogP contribution in [0.4, 0.5) is 0 Å². The molecule has 8 heteroatoms. The van der Waals surface area contributed by atoms with Crippen molar-refractivity contribution in [3.63, 3.8) is 0 Å². The van der Waals surface area contributed by atoms with E-state index in [0.29, 0.717) is 19.1 Å². The van der Waals surface area contributed by atoms with Gasteiger partial charge >= 0.3 is 0 Å². The summed E-state index contributed by atoms with van der Waals surface area (Å²) < 4.78 is 10.7. The maximum absolute atomic E-state index is 5.67. The lowest BCUT2D eigenvalue weighted by molar-refractivity contribution is 0.0536. The van der Waals surface area contributed by atoms with E-state index in [4.69, 9.17) is 14.5 Å². The molecule has 1 atom stereocenters. The van der Waals surface area contributed by atoms with Crippen molar-refractivity contribution in [2.24, 2.45) is 10.9 Å². The lowest BCUT2D eigenvalue weighted by Gasteiger charge is -2.21. The van der Waals surface area contributed by atoms with Gasteiger partial charge < -0.3 is 19.7 Å². The summed E-state index contributed by atoms with van der Waals surface area (Å²) in [5, 5.41) is 4.58. The van der Waals surface area contributed by atoms with Gasteiger partial charge in [-0.1, -0.05) is 0 Å². The first kappa shape index (κ1) is 22.6. The number of guanidine groups is 1. The average Bonchev–Trinajstić information content (AvgIpc) is 3.20. The molecule has 1 aliphatic rings. The van der Waals surface area contributed by atoms with Gasteiger partial charge in [-0.2, -0.15) is 0 Å². The van der Waals surface area contributed by atoms with E-state index >= 15 is 0 Å². The second-order valence-electron chi connectivity index (χ2n) is 6.02. The fourth-order valence-corrected chi connectivity index (χ4v) is 3.53. The highest BCUT2D eigenvalue weighted by molar-refractivity contribution is 14.0. The van der Waals surface area contributed by atoms with Crippen LogP contribution in [0, 0.1) is 12.8 Å². The Morgan fingerprint density at radius 1 is 1.48 bits per heavy atom. The van der Waals surface area contributed by atoms with Crippen molar-refractivity contribution in [2.45, 2.75) is 26.7 Å². The molecule has 1 aromatic heterocycles. The van der Waals surface area contributed by atoms with Crippen LogP contribution in [0.3, 0.4) is 0 Å². The number of halogens is 1. The molecule has 2 heterocycles. The number of ether oxygens (including phenoxy) is 2. The molecule has 0 bridgehead atoms. The standard InChI is InChI=1S/C17H30N4O2S.HI/c1-4-18-17(19-7-5-16-20-11-14(2)24-16)21-8-6-15(12-21)13-23-10-9-22-3;/h11,15H,4-10,12-13H2,1-3H3,(H,18,19);1H. The third kappa shape index (κ3) is 8.19. The number of likely N-dealkylation sites (tertiary alicyclic amines) is 1. The van der Waals surface area contributed by atoms with Gasteiger partial charge in [0.25, 0.3) is 0 Å². The van der Waals surface area contributed by atoms with Crippen molar-refractivity contribution in [2.75, 3.05) is 53.1 Å². The molecular weight excluding hydrogens is 451 g/mol. The molecule has 0 spiro atoms. The van der Waals surface area contributed by atoms with Crippen molar-refractivity contribution in [1.29, 1.82) is 0 Å². The number of thiazole rings is 1. The van der Waals surface area contributed by atoms with Gasteiger partial charge in [-0.05, 0) is 20.3 Å². The molecule has 2 rings (SSSR count). The van der Waals surface area contributed by atoms with E-state index in [2.05, 4.69) is 29.0 Å². The van der Waals surface area contributed by atoms with E-state index < -0.39 is 0 Å². The van der Waals surface area contributed by atoms with Gasteiger partial charge in [0, 0.05) is 56.7 Å². The van der Waals surface area contributed by atoms with Crippen molar-refractivity contribution >= 4 is 41.3 Å². The third-order valence-corrected chi connectivity index (χ3v) is 4.93. The molecule has 0 aromatic carbocycles. The quantitative estimate of drug-likeness (QED) is 0.254. The first-order chi connectivity index (χ1) is 11.7. The molecule has 1 unspecified atom stereocenters. The predicted octanol–water partition coefficient (Wildman–Crippen LogP) is 2.56. The Morgan fingerprint density at radius 2 is 2.32 bits per heavy atom. The molecule has 0 radical (unpaired) electrons. The Morgan fingerprint density at radius 3 is 3.00 bits per heavy atom. The zero-order chi connectivity index (χ0) is 17.2. The monoisotopic (exact) mass is 482 g/mol. The number of nitrogens with one attached hydrogen (secondary N) is 1. The van der Waals surface area contributed by atoms with Crippen molar-refractivity contribution < 1.29 is 9.47 Å². The predicted molar refractivity (Wildman–Crippen MR) is 114 cm³/mol. The molecule has 144 valence electrons. The Bertz CT molecular complexity index is 513. The summed E-state index contributed by atoms with van der Waals surface area (Å²) in [5.74, 6) is 1.59. The smallest absolute Gasteiger partial charge is 0.193 e. The minimum Gasteiger partial charge on any atom is -0.382 e. The molecule has 0 saturated carbocycles. The summed E-state index contributed by atoms with van der Waals surface area (Å²) in [6.07, 6.45) is 4.00. The third-order valence-electron chi connectivity index (χ3n) is 3.96. The Hall–Kier alpha value is -0.450. The Balaban J connectivity index is 0.00000312. The molecule has 0 aliphatic carbocycles. The van der Waals surface area contributed by atoms with Crippen LogP contribution >= 0.6 is 35.3 Å². The van der Waals surface area contributed by atoms with Crippen LogP contribution in [0.2, 0.25) is 0 Å². The SMILES string of the molecule is CCNC(=NCCc1ncc(C)s1)N1CCC(COCCOC)C1.I. The minimum atomic E-state index is 0. The van der Waals surface area contributed by atoms with E-state index in [0.717, 1.165) is 56.6 Å². The lowest BCUT2D eigenvalue weighted by Crippen LogP contribution is -2.40. The van der Waals surface area contributed by atoms with E-state index in [1.165, 1.54) is 4.88 Å². The molecule has 1 aliphatic heterocycles. The topological polar surface area (TPSA) is 59.0 Å². The summed E-state index contributed by atoms with van der Waals surface area (Å²) in [5.41, 5.74) is 0. The number of aliphatic imine (C=N–C) groups is 1. The zero-order valence-corrected chi connectivity index (χ0v) is 18.6. The summed E-state index contributed by atoms with van der Waals surface area (Å²) >= 11 is 1.76. The van der Waals surface area contributed by atoms with Crippen LogP contribution in [0.5, 0.6) is 0 Å². The highest BCUT2D eigenvalue weighted by atomic mass is 127. The lowest BCUT2D eigenvalue weighted by atomic mass is 10.1. The second-order valence-corrected chi connectivity index (χ2v) is 7.34. The fraction of sp³-hybridized carbons (Fsp3) is 0.765. The Labute approximate surface area is 172 Å². The minimum absolute atomic E-state index is 0. The average molecular weight is 482 g/mol. The van der Waals surface area contributed by atoms with Crippen molar-refractivity contribution in [1.82, 2.24) is 15.2 Å². The first-order valence-corrected chi connectivity index (χ1v) is 9.55. The largest absolute Gasteiger partial charge is 0.382 e. The van der Waals surface area contributed by atoms with E-state index in [1.54, 1.807) is 18.4 Å². The van der Waals surface area contributed by atoms with Crippen molar-refractivity contribution in [3.05, 3.63) is 16.1 Å². The van der Waals surface area contributed by atoms with Gasteiger partial charge in [0.05, 0.1) is 24.8 Å². The number of methoxy groups -OCH3 is 1. The zero-order valence-electron chi connectivity index (χ0n) is 15.5. The Kier molecular flexibility index (Phi) is 11.6. The molecule has 0 amide bonds. The highest BCUT2D eigenvalue weighted by Crippen LogP contribution is 2.17. The van der Waals surface area contributed by atoms with Gasteiger partial charge in [0.1, 0.15) is 0 Å². The van der Waals surface area contributed by atoms with E-state index in [-0.39, 0.29) is 24.0 Å². The molecule has 1 N–H and O–H groups in total. The summed E-state index contributed by atoms with van der Waals surface area (Å²) in [6, 6.07) is 0. The summed E-state index contributed by atoms with van der Waals surface area (Å²) in [4.78, 5) is 12.8. The van der Waals surface area contributed by atoms with Gasteiger partial charge in [-0.25, -0.2) is 4.98 Å². The fourth-order valence-electron chi connectivity index (χ4n) is 2.75. The van der Waals surface area contributed by atoms with Gasteiger partial charge in [0.15, 0.2) is 5.96 Å². The van der Waals surface area contributed by atoms with Crippen LogP contribution in [-0.2, 0) is 15.9 Å². The van der Waals surface area contributed by atoms with Gasteiger partial charge in [0.2, 0.25) is 0 Å². The maximum atomic E-state index is 5.67. The maximum Gasteiger partial charge on any atom is 0.193 e. The second kappa shape index (κ2) is 12.8. The van der Waals surface area contributed by atoms with Crippen LogP contribution in [0.15, 0.2) is 11.2 Å². The van der Waals surface area contributed by atoms with Crippen LogP contribution in [-0.4, -0.2) is 69.0 Å². The molecule has 1 fully saturated rings. The van der Waals surface area contributed by atoms with E-state index in [9.17, 15) is 0 Å².